The van der Waals surface area contributed by atoms with E-state index in [2.05, 4.69) is 22.4 Å². The summed E-state index contributed by atoms with van der Waals surface area (Å²) in [6.45, 7) is 3.47. The molecule has 20 heavy (non-hydrogen) atoms. The fourth-order valence-electron chi connectivity index (χ4n) is 2.27. The summed E-state index contributed by atoms with van der Waals surface area (Å²) in [5, 5.41) is 3.25. The van der Waals surface area contributed by atoms with Crippen LogP contribution in [0.25, 0.3) is 0 Å². The van der Waals surface area contributed by atoms with Crippen LogP contribution in [0, 0.1) is 0 Å². The Balaban J connectivity index is 1.70. The molecule has 4 nitrogen and oxygen atoms in total. The van der Waals surface area contributed by atoms with Crippen molar-refractivity contribution in [3.05, 3.63) is 40.9 Å². The molecule has 1 aliphatic rings. The summed E-state index contributed by atoms with van der Waals surface area (Å²) < 4.78 is 10.6. The van der Waals surface area contributed by atoms with Gasteiger partial charge in [0.15, 0.2) is 5.13 Å². The normalized spacial score (nSPS) is 15.3. The highest BCUT2D eigenvalue weighted by Crippen LogP contribution is 2.23. The van der Waals surface area contributed by atoms with Crippen molar-refractivity contribution in [2.45, 2.75) is 6.42 Å². The second-order valence-corrected chi connectivity index (χ2v) is 5.59. The van der Waals surface area contributed by atoms with E-state index in [1.54, 1.807) is 18.4 Å². The first-order valence-electron chi connectivity index (χ1n) is 6.75. The zero-order chi connectivity index (χ0) is 13.8. The molecule has 2 aromatic rings. The van der Waals surface area contributed by atoms with Crippen LogP contribution in [0.4, 0.5) is 5.13 Å². The van der Waals surface area contributed by atoms with Gasteiger partial charge in [0.2, 0.25) is 0 Å². The van der Waals surface area contributed by atoms with Gasteiger partial charge in [-0.25, -0.2) is 4.98 Å². The van der Waals surface area contributed by atoms with Crippen LogP contribution in [0.15, 0.2) is 29.6 Å². The minimum atomic E-state index is 0.796. The van der Waals surface area contributed by atoms with Gasteiger partial charge in [0, 0.05) is 24.9 Å². The minimum absolute atomic E-state index is 0.796. The molecule has 0 atom stereocenters. The summed E-state index contributed by atoms with van der Waals surface area (Å²) in [5.74, 6) is 0.895. The standard InChI is InChI=1S/C15H18N2O2S/c1-18-14-4-2-3-12(10-14)9-13-11-20-15(16-13)17-5-7-19-8-6-17/h2-4,10-11H,5-9H2,1H3. The maximum absolute atomic E-state index is 5.37. The molecular formula is C15H18N2O2S. The molecule has 1 aliphatic heterocycles. The second-order valence-electron chi connectivity index (χ2n) is 4.75. The third kappa shape index (κ3) is 3.11. The zero-order valence-electron chi connectivity index (χ0n) is 11.5. The quantitative estimate of drug-likeness (QED) is 0.867. The average Bonchev–Trinajstić information content (AvgIpc) is 2.97. The second kappa shape index (κ2) is 6.24. The number of morpholine rings is 1. The molecule has 0 radical (unpaired) electrons. The number of ether oxygens (including phenoxy) is 2. The third-order valence-corrected chi connectivity index (χ3v) is 4.29. The van der Waals surface area contributed by atoms with Crippen molar-refractivity contribution in [1.82, 2.24) is 4.98 Å². The zero-order valence-corrected chi connectivity index (χ0v) is 12.4. The Morgan fingerprint density at radius 3 is 3.00 bits per heavy atom. The fourth-order valence-corrected chi connectivity index (χ4v) is 3.15. The lowest BCUT2D eigenvalue weighted by molar-refractivity contribution is 0.122. The molecule has 106 valence electrons. The summed E-state index contributed by atoms with van der Waals surface area (Å²) in [6, 6.07) is 8.15. The Labute approximate surface area is 123 Å². The number of hydrogen-bond donors (Lipinski definition) is 0. The van der Waals surface area contributed by atoms with E-state index in [1.165, 1.54) is 5.56 Å². The van der Waals surface area contributed by atoms with Crippen LogP contribution in [-0.4, -0.2) is 38.4 Å². The number of anilines is 1. The number of nitrogens with zero attached hydrogens (tertiary/aromatic N) is 2. The van der Waals surface area contributed by atoms with E-state index >= 15 is 0 Å². The van der Waals surface area contributed by atoms with Crippen LogP contribution < -0.4 is 9.64 Å². The van der Waals surface area contributed by atoms with Crippen molar-refractivity contribution in [3.63, 3.8) is 0 Å². The predicted octanol–water partition coefficient (Wildman–Crippen LogP) is 2.58. The molecule has 5 heteroatoms. The van der Waals surface area contributed by atoms with Gasteiger partial charge in [-0.15, -0.1) is 11.3 Å². The van der Waals surface area contributed by atoms with Crippen LogP contribution in [0.1, 0.15) is 11.3 Å². The van der Waals surface area contributed by atoms with Crippen LogP contribution in [0.5, 0.6) is 5.75 Å². The van der Waals surface area contributed by atoms with E-state index in [1.807, 2.05) is 12.1 Å². The Bertz CT molecular complexity index is 565. The smallest absolute Gasteiger partial charge is 0.185 e. The van der Waals surface area contributed by atoms with Gasteiger partial charge >= 0.3 is 0 Å². The van der Waals surface area contributed by atoms with Crippen molar-refractivity contribution < 1.29 is 9.47 Å². The highest BCUT2D eigenvalue weighted by atomic mass is 32.1. The largest absolute Gasteiger partial charge is 0.497 e. The Morgan fingerprint density at radius 1 is 1.35 bits per heavy atom. The highest BCUT2D eigenvalue weighted by molar-refractivity contribution is 7.13. The summed E-state index contributed by atoms with van der Waals surface area (Å²) in [6.07, 6.45) is 0.845. The first-order chi connectivity index (χ1) is 9.85. The van der Waals surface area contributed by atoms with Crippen LogP contribution >= 0.6 is 11.3 Å². The van der Waals surface area contributed by atoms with E-state index in [-0.39, 0.29) is 0 Å². The van der Waals surface area contributed by atoms with Crippen LogP contribution in [-0.2, 0) is 11.2 Å². The number of benzene rings is 1. The van der Waals surface area contributed by atoms with Crippen molar-refractivity contribution >= 4 is 16.5 Å². The molecular weight excluding hydrogens is 272 g/mol. The third-order valence-electron chi connectivity index (χ3n) is 3.34. The molecule has 1 aromatic heterocycles. The molecule has 3 rings (SSSR count). The van der Waals surface area contributed by atoms with E-state index in [9.17, 15) is 0 Å². The van der Waals surface area contributed by atoms with Gasteiger partial charge in [-0.2, -0.15) is 0 Å². The summed E-state index contributed by atoms with van der Waals surface area (Å²) >= 11 is 1.71. The van der Waals surface area contributed by atoms with E-state index in [4.69, 9.17) is 14.5 Å². The molecule has 1 saturated heterocycles. The lowest BCUT2D eigenvalue weighted by Crippen LogP contribution is -2.36. The monoisotopic (exact) mass is 290 g/mol. The Kier molecular flexibility index (Phi) is 4.18. The number of rotatable bonds is 4. The van der Waals surface area contributed by atoms with Crippen molar-refractivity contribution in [1.29, 1.82) is 0 Å². The fraction of sp³-hybridized carbons (Fsp3) is 0.400. The van der Waals surface area contributed by atoms with Gasteiger partial charge in [0.1, 0.15) is 5.75 Å². The van der Waals surface area contributed by atoms with Gasteiger partial charge in [0.25, 0.3) is 0 Å². The molecule has 2 heterocycles. The first-order valence-corrected chi connectivity index (χ1v) is 7.63. The molecule has 0 saturated carbocycles. The molecule has 0 unspecified atom stereocenters. The summed E-state index contributed by atoms with van der Waals surface area (Å²) in [5.41, 5.74) is 2.34. The predicted molar refractivity (Wildman–Crippen MR) is 80.9 cm³/mol. The van der Waals surface area contributed by atoms with Gasteiger partial charge in [0.05, 0.1) is 26.0 Å². The maximum Gasteiger partial charge on any atom is 0.185 e. The number of hydrogen-bond acceptors (Lipinski definition) is 5. The lowest BCUT2D eigenvalue weighted by atomic mass is 10.1. The topological polar surface area (TPSA) is 34.6 Å². The Morgan fingerprint density at radius 2 is 2.20 bits per heavy atom. The molecule has 0 amide bonds. The molecule has 0 bridgehead atoms. The molecule has 0 spiro atoms. The molecule has 0 N–H and O–H groups in total. The lowest BCUT2D eigenvalue weighted by Gasteiger charge is -2.26. The van der Waals surface area contributed by atoms with Gasteiger partial charge < -0.3 is 14.4 Å². The average molecular weight is 290 g/mol. The van der Waals surface area contributed by atoms with E-state index in [0.29, 0.717) is 0 Å². The summed E-state index contributed by atoms with van der Waals surface area (Å²) in [7, 11) is 1.69. The SMILES string of the molecule is COc1cccc(Cc2csc(N3CCOCC3)n2)c1. The maximum atomic E-state index is 5.37. The van der Waals surface area contributed by atoms with Crippen molar-refractivity contribution in [3.8, 4) is 5.75 Å². The molecule has 1 aromatic carbocycles. The highest BCUT2D eigenvalue weighted by Gasteiger charge is 2.14. The van der Waals surface area contributed by atoms with Gasteiger partial charge in [-0.05, 0) is 17.7 Å². The van der Waals surface area contributed by atoms with Gasteiger partial charge in [-0.1, -0.05) is 12.1 Å². The van der Waals surface area contributed by atoms with E-state index in [0.717, 1.165) is 49.3 Å². The number of methoxy groups -OCH3 is 1. The Hall–Kier alpha value is -1.59. The van der Waals surface area contributed by atoms with Crippen LogP contribution in [0.3, 0.4) is 0 Å². The van der Waals surface area contributed by atoms with E-state index < -0.39 is 0 Å². The molecule has 1 fully saturated rings. The summed E-state index contributed by atoms with van der Waals surface area (Å²) in [4.78, 5) is 7.03. The molecule has 0 aliphatic carbocycles. The van der Waals surface area contributed by atoms with Crippen molar-refractivity contribution in [2.75, 3.05) is 38.3 Å². The minimum Gasteiger partial charge on any atom is -0.497 e. The first kappa shape index (κ1) is 13.4. The van der Waals surface area contributed by atoms with Crippen LogP contribution in [0.2, 0.25) is 0 Å². The van der Waals surface area contributed by atoms with Gasteiger partial charge in [-0.3, -0.25) is 0 Å². The number of aromatic nitrogens is 1. The van der Waals surface area contributed by atoms with Crippen molar-refractivity contribution in [2.24, 2.45) is 0 Å². The number of thiazole rings is 1.